The van der Waals surface area contributed by atoms with Crippen molar-refractivity contribution in [1.29, 1.82) is 0 Å². The molecule has 1 aromatic carbocycles. The van der Waals surface area contributed by atoms with Crippen LogP contribution in [0.4, 0.5) is 0 Å². The van der Waals surface area contributed by atoms with E-state index in [9.17, 15) is 0 Å². The van der Waals surface area contributed by atoms with Gasteiger partial charge in [-0.2, -0.15) is 0 Å². The molecule has 0 aliphatic heterocycles. The summed E-state index contributed by atoms with van der Waals surface area (Å²) in [5.74, 6) is 0.899. The molecule has 1 fully saturated rings. The van der Waals surface area contributed by atoms with Gasteiger partial charge >= 0.3 is 0 Å². The van der Waals surface area contributed by atoms with Gasteiger partial charge in [-0.3, -0.25) is 0 Å². The van der Waals surface area contributed by atoms with Crippen LogP contribution in [0.1, 0.15) is 56.2 Å². The van der Waals surface area contributed by atoms with Gasteiger partial charge in [0, 0.05) is 11.1 Å². The van der Waals surface area contributed by atoms with E-state index in [0.717, 1.165) is 17.5 Å². The van der Waals surface area contributed by atoms with Gasteiger partial charge in [-0.1, -0.05) is 56.0 Å². The van der Waals surface area contributed by atoms with E-state index in [-0.39, 0.29) is 0 Å². The van der Waals surface area contributed by atoms with Gasteiger partial charge in [0.1, 0.15) is 0 Å². The summed E-state index contributed by atoms with van der Waals surface area (Å²) in [7, 11) is 0. The van der Waals surface area contributed by atoms with Gasteiger partial charge in [0.25, 0.3) is 0 Å². The van der Waals surface area contributed by atoms with Gasteiger partial charge in [-0.15, -0.1) is 0 Å². The van der Waals surface area contributed by atoms with E-state index >= 15 is 0 Å². The molecule has 0 aromatic heterocycles. The third-order valence-corrected chi connectivity index (χ3v) is 4.55. The zero-order chi connectivity index (χ0) is 13.0. The van der Waals surface area contributed by atoms with Crippen molar-refractivity contribution < 1.29 is 0 Å². The summed E-state index contributed by atoms with van der Waals surface area (Å²) in [5.41, 5.74) is 2.48. The first-order valence-corrected chi connectivity index (χ1v) is 7.58. The number of nitrogens with one attached hydrogen (secondary N) is 1. The molecule has 0 heterocycles. The second-order valence-electron chi connectivity index (χ2n) is 5.52. The van der Waals surface area contributed by atoms with Crippen LogP contribution in [0.3, 0.4) is 0 Å². The molecule has 1 aromatic rings. The second kappa shape index (κ2) is 6.58. The first-order valence-electron chi connectivity index (χ1n) is 7.20. The average Bonchev–Trinajstić information content (AvgIpc) is 2.31. The van der Waals surface area contributed by atoms with Crippen LogP contribution in [-0.4, -0.2) is 6.54 Å². The topological polar surface area (TPSA) is 12.0 Å². The number of hydrogen-bond acceptors (Lipinski definition) is 1. The van der Waals surface area contributed by atoms with E-state index in [1.165, 1.54) is 43.2 Å². The summed E-state index contributed by atoms with van der Waals surface area (Å²) < 4.78 is 0. The summed E-state index contributed by atoms with van der Waals surface area (Å²) in [6.07, 6.45) is 6.61. The fraction of sp³-hybridized carbons (Fsp3) is 0.625. The standard InChI is InChI=1S/C16H24ClN/c1-3-10-18-15(11-13-7-5-8-13)14-9-4-6-12(2)16(14)17/h4,6,9,13,15,18H,3,5,7-8,10-11H2,1-2H3. The fourth-order valence-electron chi connectivity index (χ4n) is 2.64. The van der Waals surface area contributed by atoms with Crippen molar-refractivity contribution in [2.75, 3.05) is 6.54 Å². The number of hydrogen-bond donors (Lipinski definition) is 1. The Bertz CT molecular complexity index is 385. The lowest BCUT2D eigenvalue weighted by Crippen LogP contribution is -2.27. The maximum atomic E-state index is 6.47. The van der Waals surface area contributed by atoms with Gasteiger partial charge in [0.2, 0.25) is 0 Å². The van der Waals surface area contributed by atoms with Crippen molar-refractivity contribution in [3.05, 3.63) is 34.3 Å². The lowest BCUT2D eigenvalue weighted by molar-refractivity contribution is 0.261. The Balaban J connectivity index is 2.12. The van der Waals surface area contributed by atoms with Crippen LogP contribution < -0.4 is 5.32 Å². The molecule has 0 amide bonds. The molecule has 0 saturated heterocycles. The van der Waals surface area contributed by atoms with Gasteiger partial charge < -0.3 is 5.32 Å². The molecule has 1 atom stereocenters. The molecule has 0 bridgehead atoms. The molecular weight excluding hydrogens is 242 g/mol. The van der Waals surface area contributed by atoms with Gasteiger partial charge in [0.15, 0.2) is 0 Å². The van der Waals surface area contributed by atoms with Gasteiger partial charge in [-0.25, -0.2) is 0 Å². The van der Waals surface area contributed by atoms with Crippen LogP contribution in [0.25, 0.3) is 0 Å². The number of rotatable bonds is 6. The van der Waals surface area contributed by atoms with Crippen molar-refractivity contribution in [2.45, 2.75) is 52.0 Å². The molecule has 2 heteroatoms. The molecule has 1 N–H and O–H groups in total. The number of aryl methyl sites for hydroxylation is 1. The normalized spacial score (nSPS) is 17.5. The Morgan fingerprint density at radius 2 is 2.17 bits per heavy atom. The predicted molar refractivity (Wildman–Crippen MR) is 79.2 cm³/mol. The van der Waals surface area contributed by atoms with Crippen LogP contribution in [0.5, 0.6) is 0 Å². The Kier molecular flexibility index (Phi) is 5.08. The molecule has 100 valence electrons. The Labute approximate surface area is 116 Å². The van der Waals surface area contributed by atoms with Crippen LogP contribution in [0.2, 0.25) is 5.02 Å². The smallest absolute Gasteiger partial charge is 0.0482 e. The maximum absolute atomic E-state index is 6.47. The van der Waals surface area contributed by atoms with E-state index in [2.05, 4.69) is 37.4 Å². The zero-order valence-corrected chi connectivity index (χ0v) is 12.3. The zero-order valence-electron chi connectivity index (χ0n) is 11.5. The van der Waals surface area contributed by atoms with E-state index in [1.54, 1.807) is 0 Å². The van der Waals surface area contributed by atoms with Crippen molar-refractivity contribution >= 4 is 11.6 Å². The fourth-order valence-corrected chi connectivity index (χ4v) is 2.90. The summed E-state index contributed by atoms with van der Waals surface area (Å²) in [5, 5.41) is 4.62. The van der Waals surface area contributed by atoms with Gasteiger partial charge in [0.05, 0.1) is 0 Å². The average molecular weight is 266 g/mol. The third kappa shape index (κ3) is 3.27. The Hall–Kier alpha value is -0.530. The Morgan fingerprint density at radius 3 is 2.78 bits per heavy atom. The highest BCUT2D eigenvalue weighted by Crippen LogP contribution is 2.37. The SMILES string of the molecule is CCCNC(CC1CCC1)c1cccc(C)c1Cl. The number of halogens is 1. The van der Waals surface area contributed by atoms with Crippen molar-refractivity contribution in [3.63, 3.8) is 0 Å². The predicted octanol–water partition coefficient (Wildman–Crippen LogP) is 4.88. The summed E-state index contributed by atoms with van der Waals surface area (Å²) in [4.78, 5) is 0. The van der Waals surface area contributed by atoms with Crippen LogP contribution >= 0.6 is 11.6 Å². The van der Waals surface area contributed by atoms with Crippen LogP contribution in [0, 0.1) is 12.8 Å². The highest BCUT2D eigenvalue weighted by molar-refractivity contribution is 6.32. The molecule has 1 aliphatic rings. The summed E-state index contributed by atoms with van der Waals surface area (Å²) in [6.45, 7) is 5.37. The lowest BCUT2D eigenvalue weighted by atomic mass is 9.79. The number of benzene rings is 1. The molecular formula is C16H24ClN. The quantitative estimate of drug-likeness (QED) is 0.773. The molecule has 18 heavy (non-hydrogen) atoms. The molecule has 0 spiro atoms. The van der Waals surface area contributed by atoms with E-state index in [0.29, 0.717) is 6.04 Å². The monoisotopic (exact) mass is 265 g/mol. The van der Waals surface area contributed by atoms with Gasteiger partial charge in [-0.05, 0) is 43.4 Å². The minimum Gasteiger partial charge on any atom is -0.310 e. The molecule has 1 unspecified atom stereocenters. The first kappa shape index (κ1) is 13.9. The second-order valence-corrected chi connectivity index (χ2v) is 5.90. The van der Waals surface area contributed by atoms with E-state index in [4.69, 9.17) is 11.6 Å². The summed E-state index contributed by atoms with van der Waals surface area (Å²) in [6, 6.07) is 6.83. The lowest BCUT2D eigenvalue weighted by Gasteiger charge is -2.31. The summed E-state index contributed by atoms with van der Waals surface area (Å²) >= 11 is 6.47. The van der Waals surface area contributed by atoms with Crippen LogP contribution in [-0.2, 0) is 0 Å². The van der Waals surface area contributed by atoms with Crippen molar-refractivity contribution in [3.8, 4) is 0 Å². The van der Waals surface area contributed by atoms with Crippen LogP contribution in [0.15, 0.2) is 18.2 Å². The Morgan fingerprint density at radius 1 is 1.39 bits per heavy atom. The molecule has 1 nitrogen and oxygen atoms in total. The van der Waals surface area contributed by atoms with Crippen molar-refractivity contribution in [1.82, 2.24) is 5.32 Å². The molecule has 1 aliphatic carbocycles. The van der Waals surface area contributed by atoms with E-state index in [1.807, 2.05) is 0 Å². The maximum Gasteiger partial charge on any atom is 0.0482 e. The third-order valence-electron chi connectivity index (χ3n) is 4.03. The van der Waals surface area contributed by atoms with Crippen molar-refractivity contribution in [2.24, 2.45) is 5.92 Å². The molecule has 2 rings (SSSR count). The van der Waals surface area contributed by atoms with E-state index < -0.39 is 0 Å². The minimum absolute atomic E-state index is 0.433. The molecule has 1 saturated carbocycles. The first-order chi connectivity index (χ1) is 8.72. The highest BCUT2D eigenvalue weighted by Gasteiger charge is 2.24. The molecule has 0 radical (unpaired) electrons. The largest absolute Gasteiger partial charge is 0.310 e. The highest BCUT2D eigenvalue weighted by atomic mass is 35.5. The minimum atomic E-state index is 0.433.